The average molecular weight is 441 g/mol. The number of imidazole rings is 1. The first kappa shape index (κ1) is 19.3. The molecule has 0 atom stereocenters. The van der Waals surface area contributed by atoms with Crippen LogP contribution in [0.25, 0.3) is 28.1 Å². The number of alkyl halides is 3. The molecular weight excluding hydrogens is 432 g/mol. The van der Waals surface area contributed by atoms with Gasteiger partial charge in [-0.05, 0) is 30.3 Å². The van der Waals surface area contributed by atoms with E-state index in [9.17, 15) is 23.1 Å². The number of carbonyl (C=O) groups is 1. The highest BCUT2D eigenvalue weighted by molar-refractivity contribution is 6.35. The van der Waals surface area contributed by atoms with E-state index in [0.29, 0.717) is 4.68 Å². The molecule has 0 aliphatic heterocycles. The van der Waals surface area contributed by atoms with Gasteiger partial charge in [-0.2, -0.15) is 18.3 Å². The topological polar surface area (TPSA) is 83.8 Å². The third-order valence-electron chi connectivity index (χ3n) is 4.17. The van der Waals surface area contributed by atoms with E-state index in [4.69, 9.17) is 23.2 Å². The molecule has 4 rings (SSSR count). The molecule has 6 nitrogen and oxygen atoms in total. The zero-order chi connectivity index (χ0) is 20.9. The lowest BCUT2D eigenvalue weighted by atomic mass is 10.2. The third-order valence-corrected chi connectivity index (χ3v) is 4.71. The van der Waals surface area contributed by atoms with E-state index in [0.717, 1.165) is 6.20 Å². The van der Waals surface area contributed by atoms with Crippen molar-refractivity contribution < 1.29 is 23.1 Å². The largest absolute Gasteiger partial charge is 0.478 e. The molecule has 4 aromatic rings. The fraction of sp³-hybridized carbons (Fsp3) is 0.0556. The molecule has 0 aliphatic rings. The van der Waals surface area contributed by atoms with Gasteiger partial charge in [0.25, 0.3) is 0 Å². The number of aromatic nitrogens is 4. The normalized spacial score (nSPS) is 11.9. The summed E-state index contributed by atoms with van der Waals surface area (Å²) >= 11 is 11.9. The second-order valence-electron chi connectivity index (χ2n) is 6.00. The van der Waals surface area contributed by atoms with Gasteiger partial charge in [-0.25, -0.2) is 14.5 Å². The Balaban J connectivity index is 1.96. The van der Waals surface area contributed by atoms with Gasteiger partial charge in [0.2, 0.25) is 0 Å². The Bertz CT molecular complexity index is 1260. The van der Waals surface area contributed by atoms with Crippen molar-refractivity contribution >= 4 is 40.2 Å². The monoisotopic (exact) mass is 440 g/mol. The number of nitrogens with zero attached hydrogens (tertiary/aromatic N) is 3. The zero-order valence-corrected chi connectivity index (χ0v) is 15.6. The number of carboxylic acid groups (broad SMARTS) is 1. The van der Waals surface area contributed by atoms with E-state index < -0.39 is 17.8 Å². The minimum Gasteiger partial charge on any atom is -0.478 e. The number of rotatable bonds is 3. The predicted octanol–water partition coefficient (Wildman–Crippen LogP) is 5.44. The predicted molar refractivity (Wildman–Crippen MR) is 101 cm³/mol. The van der Waals surface area contributed by atoms with Crippen LogP contribution in [0.1, 0.15) is 16.1 Å². The van der Waals surface area contributed by atoms with E-state index in [1.54, 1.807) is 0 Å². The molecule has 0 amide bonds. The second kappa shape index (κ2) is 6.78. The molecule has 0 bridgehead atoms. The van der Waals surface area contributed by atoms with Crippen LogP contribution >= 0.6 is 23.2 Å². The maximum absolute atomic E-state index is 13.9. The van der Waals surface area contributed by atoms with Crippen LogP contribution in [0.3, 0.4) is 0 Å². The molecule has 0 fully saturated rings. The van der Waals surface area contributed by atoms with Crippen LogP contribution < -0.4 is 0 Å². The summed E-state index contributed by atoms with van der Waals surface area (Å²) < 4.78 is 42.4. The summed E-state index contributed by atoms with van der Waals surface area (Å²) in [6, 6.07) is 8.32. The van der Waals surface area contributed by atoms with Crippen LogP contribution in [0, 0.1) is 0 Å². The molecule has 2 heterocycles. The highest BCUT2D eigenvalue weighted by Gasteiger charge is 2.40. The summed E-state index contributed by atoms with van der Waals surface area (Å²) in [6.07, 6.45) is -3.81. The third kappa shape index (κ3) is 3.32. The number of hydrogen-bond acceptors (Lipinski definition) is 3. The van der Waals surface area contributed by atoms with Crippen LogP contribution in [-0.2, 0) is 6.18 Å². The van der Waals surface area contributed by atoms with Crippen LogP contribution in [0.4, 0.5) is 13.2 Å². The lowest BCUT2D eigenvalue weighted by molar-refractivity contribution is -0.142. The van der Waals surface area contributed by atoms with Crippen molar-refractivity contribution in [2.24, 2.45) is 0 Å². The van der Waals surface area contributed by atoms with Gasteiger partial charge in [0.05, 0.1) is 33.6 Å². The van der Waals surface area contributed by atoms with Crippen molar-refractivity contribution in [2.45, 2.75) is 6.18 Å². The lowest BCUT2D eigenvalue weighted by Gasteiger charge is -2.13. The minimum absolute atomic E-state index is 0.0167. The first-order valence-corrected chi connectivity index (χ1v) is 8.75. The summed E-state index contributed by atoms with van der Waals surface area (Å²) in [5.41, 5.74) is -1.29. The van der Waals surface area contributed by atoms with Crippen molar-refractivity contribution in [1.29, 1.82) is 0 Å². The Morgan fingerprint density at radius 3 is 2.59 bits per heavy atom. The Morgan fingerprint density at radius 1 is 1.17 bits per heavy atom. The van der Waals surface area contributed by atoms with E-state index in [-0.39, 0.29) is 43.7 Å². The molecule has 0 saturated heterocycles. The van der Waals surface area contributed by atoms with E-state index in [1.807, 2.05) is 0 Å². The summed E-state index contributed by atoms with van der Waals surface area (Å²) in [6.45, 7) is 0. The van der Waals surface area contributed by atoms with Crippen molar-refractivity contribution in [2.75, 3.05) is 0 Å². The number of nitrogens with one attached hydrogen (secondary N) is 1. The maximum Gasteiger partial charge on any atom is 0.434 e. The van der Waals surface area contributed by atoms with Crippen molar-refractivity contribution in [3.05, 3.63) is 63.9 Å². The summed E-state index contributed by atoms with van der Waals surface area (Å²) in [5.74, 6) is -1.41. The fourth-order valence-electron chi connectivity index (χ4n) is 2.96. The maximum atomic E-state index is 13.9. The molecule has 11 heteroatoms. The highest BCUT2D eigenvalue weighted by atomic mass is 35.5. The highest BCUT2D eigenvalue weighted by Crippen LogP contribution is 2.39. The number of H-pyrrole nitrogens is 1. The van der Waals surface area contributed by atoms with Crippen LogP contribution in [-0.4, -0.2) is 30.8 Å². The first-order chi connectivity index (χ1) is 13.7. The Hall–Kier alpha value is -3.04. The Morgan fingerprint density at radius 2 is 1.93 bits per heavy atom. The van der Waals surface area contributed by atoms with E-state index >= 15 is 0 Å². The van der Waals surface area contributed by atoms with Crippen LogP contribution in [0.2, 0.25) is 10.0 Å². The smallest absolute Gasteiger partial charge is 0.434 e. The fourth-order valence-corrected chi connectivity index (χ4v) is 3.45. The zero-order valence-electron chi connectivity index (χ0n) is 14.1. The standard InChI is InChI=1S/C18H9Cl2F3N4O2/c19-8-4-5-13(11(20)6-8)27-15(18(21,22)23)10(7-24-27)16-25-12-3-1-2-9(17(28)29)14(12)26-16/h1-7H,(H,25,26)(H,28,29). The number of hydrogen-bond donors (Lipinski definition) is 2. The van der Waals surface area contributed by atoms with E-state index in [2.05, 4.69) is 15.1 Å². The molecule has 2 N–H and O–H groups in total. The molecule has 2 aromatic carbocycles. The van der Waals surface area contributed by atoms with Gasteiger partial charge in [-0.3, -0.25) is 0 Å². The molecule has 0 spiro atoms. The molecule has 2 aromatic heterocycles. The quantitative estimate of drug-likeness (QED) is 0.444. The minimum atomic E-state index is -4.80. The van der Waals surface area contributed by atoms with Crippen LogP contribution in [0.5, 0.6) is 0 Å². The summed E-state index contributed by atoms with van der Waals surface area (Å²) in [7, 11) is 0. The molecule has 0 saturated carbocycles. The molecule has 0 unspecified atom stereocenters. The molecule has 29 heavy (non-hydrogen) atoms. The van der Waals surface area contributed by atoms with Gasteiger partial charge in [0.1, 0.15) is 11.3 Å². The Labute approximate surface area is 170 Å². The van der Waals surface area contributed by atoms with Crippen molar-refractivity contribution in [3.8, 4) is 17.1 Å². The summed E-state index contributed by atoms with van der Waals surface area (Å²) in [4.78, 5) is 18.2. The van der Waals surface area contributed by atoms with Gasteiger partial charge < -0.3 is 10.1 Å². The number of carboxylic acids is 1. The van der Waals surface area contributed by atoms with Gasteiger partial charge in [0, 0.05) is 5.02 Å². The molecular formula is C18H9Cl2F3N4O2. The first-order valence-electron chi connectivity index (χ1n) is 8.00. The molecule has 0 aliphatic carbocycles. The van der Waals surface area contributed by atoms with Crippen LogP contribution in [0.15, 0.2) is 42.6 Å². The molecule has 0 radical (unpaired) electrons. The number of fused-ring (bicyclic) bond motifs is 1. The lowest BCUT2D eigenvalue weighted by Crippen LogP contribution is -2.15. The van der Waals surface area contributed by atoms with Gasteiger partial charge in [-0.15, -0.1) is 0 Å². The Kier molecular flexibility index (Phi) is 4.51. The van der Waals surface area contributed by atoms with Gasteiger partial charge in [-0.1, -0.05) is 29.3 Å². The second-order valence-corrected chi connectivity index (χ2v) is 6.85. The number of aromatic amines is 1. The number of aromatic carboxylic acids is 1. The number of para-hydroxylation sites is 1. The SMILES string of the molecule is O=C(O)c1cccc2[nH]c(-c3cnn(-c4ccc(Cl)cc4Cl)c3C(F)(F)F)nc12. The van der Waals surface area contributed by atoms with Crippen molar-refractivity contribution in [1.82, 2.24) is 19.7 Å². The van der Waals surface area contributed by atoms with E-state index in [1.165, 1.54) is 36.4 Å². The number of benzene rings is 2. The van der Waals surface area contributed by atoms with Gasteiger partial charge in [0.15, 0.2) is 5.69 Å². The van der Waals surface area contributed by atoms with Gasteiger partial charge >= 0.3 is 12.1 Å². The van der Waals surface area contributed by atoms with Crippen molar-refractivity contribution in [3.63, 3.8) is 0 Å². The average Bonchev–Trinajstić information content (AvgIpc) is 3.24. The summed E-state index contributed by atoms with van der Waals surface area (Å²) in [5, 5.41) is 13.4. The number of halogens is 5. The molecule has 148 valence electrons.